The lowest BCUT2D eigenvalue weighted by Gasteiger charge is -2.05. The van der Waals surface area contributed by atoms with Crippen molar-refractivity contribution < 1.29 is 0 Å². The SMILES string of the molecule is Cn1[nH]c(=O)c(=O)nc1Sc1nnccc1C#N. The Kier molecular flexibility index (Phi) is 3.20. The number of aryl methyl sites for hydroxylation is 1. The maximum Gasteiger partial charge on any atom is 0.339 e. The average molecular weight is 262 g/mol. The van der Waals surface area contributed by atoms with E-state index in [4.69, 9.17) is 5.26 Å². The second-order valence-corrected chi connectivity index (χ2v) is 4.12. The van der Waals surface area contributed by atoms with E-state index in [1.165, 1.54) is 24.0 Å². The van der Waals surface area contributed by atoms with Gasteiger partial charge in [0.05, 0.1) is 11.8 Å². The third kappa shape index (κ3) is 2.28. The molecule has 2 aromatic rings. The highest BCUT2D eigenvalue weighted by Crippen LogP contribution is 2.24. The normalized spacial score (nSPS) is 10.0. The zero-order valence-electron chi connectivity index (χ0n) is 9.12. The first-order valence-electron chi connectivity index (χ1n) is 4.69. The summed E-state index contributed by atoms with van der Waals surface area (Å²) in [5.41, 5.74) is -1.38. The fourth-order valence-electron chi connectivity index (χ4n) is 1.12. The minimum absolute atomic E-state index is 0.219. The van der Waals surface area contributed by atoms with Crippen LogP contribution in [0.2, 0.25) is 0 Å². The van der Waals surface area contributed by atoms with E-state index in [-0.39, 0.29) is 5.16 Å². The van der Waals surface area contributed by atoms with Gasteiger partial charge < -0.3 is 0 Å². The molecule has 8 nitrogen and oxygen atoms in total. The second kappa shape index (κ2) is 4.80. The number of aromatic amines is 1. The number of hydrogen-bond acceptors (Lipinski definition) is 7. The van der Waals surface area contributed by atoms with E-state index < -0.39 is 11.1 Å². The van der Waals surface area contributed by atoms with Crippen molar-refractivity contribution in [3.63, 3.8) is 0 Å². The minimum Gasteiger partial charge on any atom is -0.265 e. The smallest absolute Gasteiger partial charge is 0.265 e. The van der Waals surface area contributed by atoms with Crippen LogP contribution in [0.1, 0.15) is 5.56 Å². The first-order valence-corrected chi connectivity index (χ1v) is 5.50. The lowest BCUT2D eigenvalue weighted by atomic mass is 10.3. The number of nitrogens with zero attached hydrogens (tertiary/aromatic N) is 5. The van der Waals surface area contributed by atoms with Crippen molar-refractivity contribution >= 4 is 11.8 Å². The number of aromatic nitrogens is 5. The van der Waals surface area contributed by atoms with E-state index in [1.807, 2.05) is 6.07 Å². The van der Waals surface area contributed by atoms with Crippen LogP contribution in [0.15, 0.2) is 32.0 Å². The Hall–Kier alpha value is -2.47. The van der Waals surface area contributed by atoms with Crippen LogP contribution >= 0.6 is 11.8 Å². The minimum atomic E-state index is -0.891. The topological polar surface area (TPSA) is 117 Å². The third-order valence-corrected chi connectivity index (χ3v) is 2.99. The van der Waals surface area contributed by atoms with Gasteiger partial charge >= 0.3 is 11.1 Å². The molecule has 0 unspecified atom stereocenters. The predicted octanol–water partition coefficient (Wildman–Crippen LogP) is -0.719. The number of H-pyrrole nitrogens is 1. The van der Waals surface area contributed by atoms with Crippen LogP contribution in [-0.2, 0) is 7.05 Å². The molecule has 0 fully saturated rings. The Balaban J connectivity index is 2.47. The van der Waals surface area contributed by atoms with Gasteiger partial charge in [0.15, 0.2) is 5.16 Å². The highest BCUT2D eigenvalue weighted by molar-refractivity contribution is 7.99. The highest BCUT2D eigenvalue weighted by atomic mass is 32.2. The molecule has 90 valence electrons. The summed E-state index contributed by atoms with van der Waals surface area (Å²) in [5.74, 6) is 0. The lowest BCUT2D eigenvalue weighted by Crippen LogP contribution is -2.33. The largest absolute Gasteiger partial charge is 0.339 e. The number of nitriles is 1. The van der Waals surface area contributed by atoms with Crippen molar-refractivity contribution in [3.8, 4) is 6.07 Å². The molecule has 1 N–H and O–H groups in total. The Morgan fingerprint density at radius 2 is 2.28 bits per heavy atom. The lowest BCUT2D eigenvalue weighted by molar-refractivity contribution is 0.595. The molecule has 0 aliphatic carbocycles. The summed E-state index contributed by atoms with van der Waals surface area (Å²) in [5, 5.41) is 19.2. The predicted molar refractivity (Wildman–Crippen MR) is 61.0 cm³/mol. The van der Waals surface area contributed by atoms with Gasteiger partial charge in [0, 0.05) is 7.05 Å². The molecule has 0 aliphatic heterocycles. The molecule has 0 atom stereocenters. The van der Waals surface area contributed by atoms with Crippen LogP contribution in [-0.4, -0.2) is 25.0 Å². The van der Waals surface area contributed by atoms with Gasteiger partial charge in [0.25, 0.3) is 0 Å². The van der Waals surface area contributed by atoms with E-state index in [0.717, 1.165) is 11.8 Å². The van der Waals surface area contributed by atoms with Crippen LogP contribution < -0.4 is 11.1 Å². The zero-order chi connectivity index (χ0) is 13.1. The first kappa shape index (κ1) is 12.0. The van der Waals surface area contributed by atoms with E-state index >= 15 is 0 Å². The van der Waals surface area contributed by atoms with Gasteiger partial charge in [-0.3, -0.25) is 19.4 Å². The van der Waals surface area contributed by atoms with Gasteiger partial charge in [0.2, 0.25) is 0 Å². The molecule has 0 saturated heterocycles. The van der Waals surface area contributed by atoms with Crippen LogP contribution in [0.4, 0.5) is 0 Å². The molecular weight excluding hydrogens is 256 g/mol. The fraction of sp³-hybridized carbons (Fsp3) is 0.111. The van der Waals surface area contributed by atoms with Gasteiger partial charge in [-0.05, 0) is 17.8 Å². The van der Waals surface area contributed by atoms with Crippen LogP contribution in [0.3, 0.4) is 0 Å². The fourth-order valence-corrected chi connectivity index (χ4v) is 1.91. The van der Waals surface area contributed by atoms with Gasteiger partial charge in [-0.25, -0.2) is 0 Å². The summed E-state index contributed by atoms with van der Waals surface area (Å²) >= 11 is 0.974. The Labute approximate surface area is 104 Å². The van der Waals surface area contributed by atoms with Crippen LogP contribution in [0.25, 0.3) is 0 Å². The highest BCUT2D eigenvalue weighted by Gasteiger charge is 2.10. The second-order valence-electron chi connectivity index (χ2n) is 3.16. The molecule has 2 aromatic heterocycles. The summed E-state index contributed by atoms with van der Waals surface area (Å²) in [7, 11) is 1.53. The number of nitrogens with one attached hydrogen (secondary N) is 1. The number of hydrogen-bond donors (Lipinski definition) is 1. The Morgan fingerprint density at radius 3 is 3.00 bits per heavy atom. The summed E-state index contributed by atoms with van der Waals surface area (Å²) in [6, 6.07) is 3.45. The van der Waals surface area contributed by atoms with Gasteiger partial charge in [-0.1, -0.05) is 0 Å². The van der Waals surface area contributed by atoms with Crippen LogP contribution in [0.5, 0.6) is 0 Å². The molecule has 9 heteroatoms. The van der Waals surface area contributed by atoms with Crippen molar-refractivity contribution in [1.29, 1.82) is 5.26 Å². The molecular formula is C9H6N6O2S. The van der Waals surface area contributed by atoms with Crippen molar-refractivity contribution in [2.45, 2.75) is 10.2 Å². The molecule has 0 saturated carbocycles. The zero-order valence-corrected chi connectivity index (χ0v) is 9.93. The van der Waals surface area contributed by atoms with E-state index in [1.54, 1.807) is 0 Å². The molecule has 0 amide bonds. The number of rotatable bonds is 2. The Bertz CT molecular complexity index is 744. The molecule has 0 aromatic carbocycles. The quantitative estimate of drug-likeness (QED) is 0.709. The summed E-state index contributed by atoms with van der Waals surface area (Å²) in [6.07, 6.45) is 1.39. The molecule has 18 heavy (non-hydrogen) atoms. The van der Waals surface area contributed by atoms with Gasteiger partial charge in [-0.2, -0.15) is 15.3 Å². The van der Waals surface area contributed by atoms with Gasteiger partial charge in [0.1, 0.15) is 11.1 Å². The Morgan fingerprint density at radius 1 is 1.50 bits per heavy atom. The standard InChI is InChI=1S/C9H6N6O2S/c1-15-9(12-6(16)7(17)14-15)18-8-5(4-10)2-3-11-13-8/h2-3H,1H3,(H,14,17). The third-order valence-electron chi connectivity index (χ3n) is 1.94. The van der Waals surface area contributed by atoms with E-state index in [9.17, 15) is 9.59 Å². The molecule has 2 rings (SSSR count). The maximum atomic E-state index is 11.2. The summed E-state index contributed by atoms with van der Waals surface area (Å²) in [4.78, 5) is 25.8. The summed E-state index contributed by atoms with van der Waals surface area (Å²) in [6.45, 7) is 0. The molecule has 0 radical (unpaired) electrons. The monoisotopic (exact) mass is 262 g/mol. The van der Waals surface area contributed by atoms with E-state index in [0.29, 0.717) is 10.6 Å². The van der Waals surface area contributed by atoms with Crippen molar-refractivity contribution in [3.05, 3.63) is 38.5 Å². The van der Waals surface area contributed by atoms with Crippen molar-refractivity contribution in [2.24, 2.45) is 7.05 Å². The molecule has 0 spiro atoms. The maximum absolute atomic E-state index is 11.2. The van der Waals surface area contributed by atoms with Crippen LogP contribution in [0, 0.1) is 11.3 Å². The first-order chi connectivity index (χ1) is 8.61. The average Bonchev–Trinajstić information content (AvgIpc) is 2.36. The van der Waals surface area contributed by atoms with E-state index in [2.05, 4.69) is 20.3 Å². The summed E-state index contributed by atoms with van der Waals surface area (Å²) < 4.78 is 1.28. The van der Waals surface area contributed by atoms with Crippen molar-refractivity contribution in [2.75, 3.05) is 0 Å². The van der Waals surface area contributed by atoms with Gasteiger partial charge in [-0.15, -0.1) is 5.10 Å². The molecule has 0 aliphatic rings. The van der Waals surface area contributed by atoms with Crippen molar-refractivity contribution in [1.82, 2.24) is 25.0 Å². The molecule has 2 heterocycles. The molecule has 0 bridgehead atoms.